The minimum Gasteiger partial charge on any atom is -0.394 e. The summed E-state index contributed by atoms with van der Waals surface area (Å²) in [7, 11) is 0. The lowest BCUT2D eigenvalue weighted by molar-refractivity contribution is -0.295. The number of carbonyl (C=O) groups is 3. The summed E-state index contributed by atoms with van der Waals surface area (Å²) in [6.07, 6.45) is -4.83. The molecule has 0 saturated heterocycles. The normalized spacial score (nSPS) is 14.7. The molecule has 0 aliphatic carbocycles. The van der Waals surface area contributed by atoms with E-state index in [1.54, 1.807) is 0 Å². The fourth-order valence-corrected chi connectivity index (χ4v) is 0.885. The van der Waals surface area contributed by atoms with Crippen LogP contribution in [-0.4, -0.2) is 52.2 Å². The molecule has 3 unspecified atom stereocenters. The minimum absolute atomic E-state index is 0.0463. The molecule has 0 aromatic heterocycles. The topological polar surface area (TPSA) is 149 Å². The number of rotatable bonds is 5. The first-order chi connectivity index (χ1) is 9.33. The second-order valence-corrected chi connectivity index (χ2v) is 3.66. The summed E-state index contributed by atoms with van der Waals surface area (Å²) in [5, 5.41) is 27.1. The Kier molecular flexibility index (Phi) is 8.20. The molecule has 0 saturated carbocycles. The van der Waals surface area contributed by atoms with Gasteiger partial charge in [0, 0.05) is 6.42 Å². The lowest BCUT2D eigenvalue weighted by Gasteiger charge is -2.19. The van der Waals surface area contributed by atoms with Crippen molar-refractivity contribution in [3.05, 3.63) is 0 Å². The number of aliphatic hydroxyl groups excluding tert-OH is 3. The van der Waals surface area contributed by atoms with Crippen LogP contribution in [0.2, 0.25) is 0 Å². The molecular formula is C10H16O10. The summed E-state index contributed by atoms with van der Waals surface area (Å²) in [6.45, 7) is 1.85. The first kappa shape index (κ1) is 18.1. The standard InChI is InChI=1S/C10H16O10/c1-3-7(13)17-19-10(16)20-18-9(15)5(2)8(14)6(12)4-11/h5-6,8,11-12,14H,3-4H2,1-2H3. The summed E-state index contributed by atoms with van der Waals surface area (Å²) in [5.74, 6) is -3.34. The van der Waals surface area contributed by atoms with Crippen molar-refractivity contribution in [1.29, 1.82) is 0 Å². The Labute approximate surface area is 113 Å². The average molecular weight is 296 g/mol. The summed E-state index contributed by atoms with van der Waals surface area (Å²) in [5.41, 5.74) is 0. The van der Waals surface area contributed by atoms with E-state index in [1.807, 2.05) is 0 Å². The van der Waals surface area contributed by atoms with E-state index < -0.39 is 42.8 Å². The zero-order valence-electron chi connectivity index (χ0n) is 10.8. The highest BCUT2D eigenvalue weighted by molar-refractivity contribution is 5.73. The Bertz CT molecular complexity index is 341. The van der Waals surface area contributed by atoms with Gasteiger partial charge in [-0.2, -0.15) is 4.79 Å². The van der Waals surface area contributed by atoms with Crippen molar-refractivity contribution in [3.8, 4) is 0 Å². The summed E-state index contributed by atoms with van der Waals surface area (Å²) < 4.78 is 0. The molecule has 0 aromatic carbocycles. The van der Waals surface area contributed by atoms with Crippen molar-refractivity contribution < 1.29 is 49.3 Å². The van der Waals surface area contributed by atoms with Gasteiger partial charge in [0.1, 0.15) is 6.10 Å². The molecule has 10 nitrogen and oxygen atoms in total. The highest BCUT2D eigenvalue weighted by atomic mass is 17.3. The molecule has 0 radical (unpaired) electrons. The summed E-state index contributed by atoms with van der Waals surface area (Å²) in [4.78, 5) is 48.3. The Morgan fingerprint density at radius 1 is 1.05 bits per heavy atom. The van der Waals surface area contributed by atoms with E-state index >= 15 is 0 Å². The minimum atomic E-state index is -1.62. The average Bonchev–Trinajstić information content (AvgIpc) is 2.47. The third-order valence-corrected chi connectivity index (χ3v) is 2.15. The number of aliphatic hydroxyl groups is 3. The van der Waals surface area contributed by atoms with E-state index in [-0.39, 0.29) is 6.42 Å². The van der Waals surface area contributed by atoms with Gasteiger partial charge in [-0.25, -0.2) is 29.1 Å². The summed E-state index contributed by atoms with van der Waals surface area (Å²) in [6, 6.07) is 0. The molecule has 116 valence electrons. The first-order valence-corrected chi connectivity index (χ1v) is 5.60. The molecule has 20 heavy (non-hydrogen) atoms. The molecule has 0 rings (SSSR count). The third kappa shape index (κ3) is 6.31. The van der Waals surface area contributed by atoms with Crippen LogP contribution in [0.4, 0.5) is 4.79 Å². The maximum atomic E-state index is 11.3. The molecule has 10 heteroatoms. The van der Waals surface area contributed by atoms with Crippen LogP contribution in [0, 0.1) is 5.92 Å². The SMILES string of the molecule is CCC(=O)OOC(=O)OOC(=O)C(C)C(O)C(O)CO. The molecule has 0 aromatic rings. The third-order valence-electron chi connectivity index (χ3n) is 2.15. The predicted octanol–water partition coefficient (Wildman–Crippen LogP) is -1.18. The fraction of sp³-hybridized carbons (Fsp3) is 0.700. The predicted molar refractivity (Wildman–Crippen MR) is 58.3 cm³/mol. The van der Waals surface area contributed by atoms with Crippen molar-refractivity contribution in [3.63, 3.8) is 0 Å². The molecule has 0 amide bonds. The van der Waals surface area contributed by atoms with E-state index in [2.05, 4.69) is 19.6 Å². The number of hydrogen-bond acceptors (Lipinski definition) is 10. The van der Waals surface area contributed by atoms with Gasteiger partial charge in [0.25, 0.3) is 0 Å². The quantitative estimate of drug-likeness (QED) is 0.417. The van der Waals surface area contributed by atoms with Gasteiger partial charge in [-0.15, -0.1) is 0 Å². The Morgan fingerprint density at radius 2 is 1.60 bits per heavy atom. The second kappa shape index (κ2) is 9.07. The van der Waals surface area contributed by atoms with Gasteiger partial charge in [0.05, 0.1) is 18.6 Å². The van der Waals surface area contributed by atoms with Crippen molar-refractivity contribution >= 4 is 18.1 Å². The molecular weight excluding hydrogens is 280 g/mol. The van der Waals surface area contributed by atoms with Crippen molar-refractivity contribution in [2.24, 2.45) is 5.92 Å². The van der Waals surface area contributed by atoms with E-state index in [4.69, 9.17) is 10.2 Å². The lowest BCUT2D eigenvalue weighted by Crippen LogP contribution is -2.39. The van der Waals surface area contributed by atoms with Crippen LogP contribution in [0.25, 0.3) is 0 Å². The number of hydrogen-bond donors (Lipinski definition) is 3. The van der Waals surface area contributed by atoms with Gasteiger partial charge in [0.15, 0.2) is 0 Å². The van der Waals surface area contributed by atoms with Crippen molar-refractivity contribution in [1.82, 2.24) is 0 Å². The van der Waals surface area contributed by atoms with Gasteiger partial charge < -0.3 is 15.3 Å². The second-order valence-electron chi connectivity index (χ2n) is 3.66. The van der Waals surface area contributed by atoms with Gasteiger partial charge in [-0.1, -0.05) is 6.92 Å². The van der Waals surface area contributed by atoms with E-state index in [1.165, 1.54) is 6.92 Å². The maximum absolute atomic E-state index is 11.3. The Morgan fingerprint density at radius 3 is 2.10 bits per heavy atom. The van der Waals surface area contributed by atoms with Gasteiger partial charge in [0.2, 0.25) is 0 Å². The van der Waals surface area contributed by atoms with Crippen molar-refractivity contribution in [2.45, 2.75) is 32.5 Å². The summed E-state index contributed by atoms with van der Waals surface area (Å²) >= 11 is 0. The zero-order valence-corrected chi connectivity index (χ0v) is 10.8. The molecule has 0 heterocycles. The highest BCUT2D eigenvalue weighted by Crippen LogP contribution is 2.10. The number of carbonyl (C=O) groups excluding carboxylic acids is 3. The first-order valence-electron chi connectivity index (χ1n) is 5.60. The lowest BCUT2D eigenvalue weighted by atomic mass is 10.0. The smallest absolute Gasteiger partial charge is 0.394 e. The van der Waals surface area contributed by atoms with Crippen LogP contribution >= 0.6 is 0 Å². The van der Waals surface area contributed by atoms with Gasteiger partial charge >= 0.3 is 18.1 Å². The Hall–Kier alpha value is -1.91. The van der Waals surface area contributed by atoms with Crippen LogP contribution in [-0.2, 0) is 29.1 Å². The van der Waals surface area contributed by atoms with Gasteiger partial charge in [-0.05, 0) is 6.92 Å². The van der Waals surface area contributed by atoms with E-state index in [0.717, 1.165) is 6.92 Å². The fourth-order valence-electron chi connectivity index (χ4n) is 0.885. The highest BCUT2D eigenvalue weighted by Gasteiger charge is 2.31. The van der Waals surface area contributed by atoms with Crippen LogP contribution in [0.1, 0.15) is 20.3 Å². The van der Waals surface area contributed by atoms with Crippen LogP contribution < -0.4 is 0 Å². The van der Waals surface area contributed by atoms with Crippen molar-refractivity contribution in [2.75, 3.05) is 6.61 Å². The molecule has 0 spiro atoms. The monoisotopic (exact) mass is 296 g/mol. The van der Waals surface area contributed by atoms with Crippen LogP contribution in [0.15, 0.2) is 0 Å². The Balaban J connectivity index is 4.09. The zero-order chi connectivity index (χ0) is 15.7. The molecule has 3 atom stereocenters. The molecule has 0 aliphatic heterocycles. The maximum Gasteiger partial charge on any atom is 0.591 e. The van der Waals surface area contributed by atoms with Crippen LogP contribution in [0.5, 0.6) is 0 Å². The molecule has 3 N–H and O–H groups in total. The van der Waals surface area contributed by atoms with E-state index in [0.29, 0.717) is 0 Å². The largest absolute Gasteiger partial charge is 0.591 e. The molecule has 0 bridgehead atoms. The van der Waals surface area contributed by atoms with Gasteiger partial charge in [-0.3, -0.25) is 0 Å². The van der Waals surface area contributed by atoms with E-state index in [9.17, 15) is 19.5 Å². The molecule has 0 aliphatic rings. The molecule has 0 fully saturated rings. The van der Waals surface area contributed by atoms with Crippen LogP contribution in [0.3, 0.4) is 0 Å².